The molecule has 0 heterocycles. The van der Waals surface area contributed by atoms with E-state index in [4.69, 9.17) is 23.2 Å². The van der Waals surface area contributed by atoms with Crippen molar-refractivity contribution in [3.63, 3.8) is 0 Å². The molecule has 0 spiro atoms. The van der Waals surface area contributed by atoms with Crippen LogP contribution in [-0.4, -0.2) is 16.1 Å². The summed E-state index contributed by atoms with van der Waals surface area (Å²) in [5.74, 6) is -1.36. The Morgan fingerprint density at radius 3 is 2.36 bits per heavy atom. The molecule has 1 aliphatic rings. The first kappa shape index (κ1) is 17.7. The van der Waals surface area contributed by atoms with Gasteiger partial charge in [0.1, 0.15) is 10.2 Å². The third-order valence-electron chi connectivity index (χ3n) is 3.95. The largest absolute Gasteiger partial charge is 0.348 e. The number of rotatable bonds is 5. The molecular formula is C18H15Cl2FN2O2. The van der Waals surface area contributed by atoms with E-state index in [9.17, 15) is 14.0 Å². The van der Waals surface area contributed by atoms with Crippen LogP contribution in [0.4, 0.5) is 10.1 Å². The first-order chi connectivity index (χ1) is 11.9. The summed E-state index contributed by atoms with van der Waals surface area (Å²) in [4.78, 5) is 24.0. The molecular weight excluding hydrogens is 366 g/mol. The predicted molar refractivity (Wildman–Crippen MR) is 95.2 cm³/mol. The summed E-state index contributed by atoms with van der Waals surface area (Å²) in [6.45, 7) is 0.0964. The van der Waals surface area contributed by atoms with Gasteiger partial charge >= 0.3 is 0 Å². The Morgan fingerprint density at radius 2 is 1.76 bits per heavy atom. The molecule has 0 radical (unpaired) electrons. The maximum absolute atomic E-state index is 13.5. The van der Waals surface area contributed by atoms with Gasteiger partial charge in [0.05, 0.1) is 5.92 Å². The SMILES string of the molecule is O=C(NCc1ccccc1F)c1ccc(NC(=O)C2CC2(Cl)Cl)cc1. The van der Waals surface area contributed by atoms with E-state index in [1.54, 1.807) is 42.5 Å². The maximum atomic E-state index is 13.5. The standard InChI is InChI=1S/C18H15Cl2FN2O2/c19-18(20)9-14(18)17(25)23-13-7-5-11(6-8-13)16(24)22-10-12-3-1-2-4-15(12)21/h1-8,14H,9-10H2,(H,22,24)(H,23,25). The number of carbonyl (C=O) groups is 2. The van der Waals surface area contributed by atoms with E-state index in [-0.39, 0.29) is 24.2 Å². The predicted octanol–water partition coefficient (Wildman–Crippen LogP) is 3.89. The average Bonchev–Trinajstić information content (AvgIpc) is 3.23. The Kier molecular flexibility index (Phi) is 4.97. The van der Waals surface area contributed by atoms with Crippen LogP contribution in [0.3, 0.4) is 0 Å². The quantitative estimate of drug-likeness (QED) is 0.773. The highest BCUT2D eigenvalue weighted by Gasteiger charge is 2.56. The fourth-order valence-electron chi connectivity index (χ4n) is 2.35. The van der Waals surface area contributed by atoms with Crippen molar-refractivity contribution in [3.8, 4) is 0 Å². The van der Waals surface area contributed by atoms with E-state index in [2.05, 4.69) is 10.6 Å². The van der Waals surface area contributed by atoms with Crippen molar-refractivity contribution in [1.82, 2.24) is 5.32 Å². The number of halogens is 3. The maximum Gasteiger partial charge on any atom is 0.251 e. The third kappa shape index (κ3) is 4.30. The lowest BCUT2D eigenvalue weighted by Gasteiger charge is -2.08. The number of carbonyl (C=O) groups excluding carboxylic acids is 2. The summed E-state index contributed by atoms with van der Waals surface area (Å²) >= 11 is 11.7. The summed E-state index contributed by atoms with van der Waals surface area (Å²) in [5.41, 5.74) is 1.37. The van der Waals surface area contributed by atoms with Crippen molar-refractivity contribution in [2.45, 2.75) is 17.3 Å². The highest BCUT2D eigenvalue weighted by molar-refractivity contribution is 6.52. The first-order valence-electron chi connectivity index (χ1n) is 7.67. The zero-order chi connectivity index (χ0) is 18.0. The lowest BCUT2D eigenvalue weighted by molar-refractivity contribution is -0.117. The molecule has 25 heavy (non-hydrogen) atoms. The molecule has 1 saturated carbocycles. The van der Waals surface area contributed by atoms with E-state index in [0.29, 0.717) is 23.2 Å². The number of anilines is 1. The molecule has 2 aromatic carbocycles. The summed E-state index contributed by atoms with van der Waals surface area (Å²) < 4.78 is 12.6. The van der Waals surface area contributed by atoms with Crippen molar-refractivity contribution in [2.24, 2.45) is 5.92 Å². The Hall–Kier alpha value is -2.11. The van der Waals surface area contributed by atoms with Crippen LogP contribution in [0.2, 0.25) is 0 Å². The van der Waals surface area contributed by atoms with Crippen molar-refractivity contribution >= 4 is 40.7 Å². The van der Waals surface area contributed by atoms with Crippen LogP contribution in [0.5, 0.6) is 0 Å². The zero-order valence-electron chi connectivity index (χ0n) is 13.1. The summed E-state index contributed by atoms with van der Waals surface area (Å²) in [5, 5.41) is 5.36. The molecule has 1 aliphatic carbocycles. The molecule has 3 rings (SSSR count). The van der Waals surface area contributed by atoms with Crippen LogP contribution in [0.1, 0.15) is 22.3 Å². The molecule has 130 valence electrons. The molecule has 0 aromatic heterocycles. The third-order valence-corrected chi connectivity index (χ3v) is 4.79. The van der Waals surface area contributed by atoms with E-state index >= 15 is 0 Å². The van der Waals surface area contributed by atoms with Crippen LogP contribution in [0.25, 0.3) is 0 Å². The lowest BCUT2D eigenvalue weighted by atomic mass is 10.1. The average molecular weight is 381 g/mol. The summed E-state index contributed by atoms with van der Waals surface area (Å²) in [6, 6.07) is 12.6. The van der Waals surface area contributed by atoms with Gasteiger partial charge < -0.3 is 10.6 Å². The molecule has 1 atom stereocenters. The normalized spacial score (nSPS) is 17.6. The fraction of sp³-hybridized carbons (Fsp3) is 0.222. The van der Waals surface area contributed by atoms with Gasteiger partial charge in [0.25, 0.3) is 5.91 Å². The topological polar surface area (TPSA) is 58.2 Å². The van der Waals surface area contributed by atoms with Gasteiger partial charge in [0.2, 0.25) is 5.91 Å². The second-order valence-corrected chi connectivity index (χ2v) is 7.40. The highest BCUT2D eigenvalue weighted by atomic mass is 35.5. The molecule has 0 aliphatic heterocycles. The monoisotopic (exact) mass is 380 g/mol. The fourth-order valence-corrected chi connectivity index (χ4v) is 2.86. The molecule has 7 heteroatoms. The molecule has 2 amide bonds. The molecule has 1 fully saturated rings. The molecule has 2 N–H and O–H groups in total. The highest BCUT2D eigenvalue weighted by Crippen LogP contribution is 2.53. The van der Waals surface area contributed by atoms with Gasteiger partial charge in [-0.3, -0.25) is 9.59 Å². The minimum absolute atomic E-state index is 0.0964. The summed E-state index contributed by atoms with van der Waals surface area (Å²) in [7, 11) is 0. The van der Waals surface area contributed by atoms with Crippen LogP contribution in [-0.2, 0) is 11.3 Å². The molecule has 2 aromatic rings. The van der Waals surface area contributed by atoms with Crippen LogP contribution in [0, 0.1) is 11.7 Å². The van der Waals surface area contributed by atoms with Crippen LogP contribution < -0.4 is 10.6 Å². The van der Waals surface area contributed by atoms with E-state index < -0.39 is 10.3 Å². The van der Waals surface area contributed by atoms with Gasteiger partial charge in [-0.15, -0.1) is 23.2 Å². The summed E-state index contributed by atoms with van der Waals surface area (Å²) in [6.07, 6.45) is 0.429. The van der Waals surface area contributed by atoms with E-state index in [0.717, 1.165) is 0 Å². The van der Waals surface area contributed by atoms with Crippen molar-refractivity contribution in [2.75, 3.05) is 5.32 Å². The Bertz CT molecular complexity index is 809. The molecule has 0 saturated heterocycles. The van der Waals surface area contributed by atoms with Crippen LogP contribution >= 0.6 is 23.2 Å². The lowest BCUT2D eigenvalue weighted by Crippen LogP contribution is -2.23. The van der Waals surface area contributed by atoms with Gasteiger partial charge in [0, 0.05) is 23.4 Å². The van der Waals surface area contributed by atoms with Crippen molar-refractivity contribution in [1.29, 1.82) is 0 Å². The molecule has 0 bridgehead atoms. The van der Waals surface area contributed by atoms with Gasteiger partial charge in [-0.05, 0) is 36.8 Å². The van der Waals surface area contributed by atoms with Gasteiger partial charge in [0.15, 0.2) is 0 Å². The smallest absolute Gasteiger partial charge is 0.251 e. The Balaban J connectivity index is 1.55. The molecule has 4 nitrogen and oxygen atoms in total. The van der Waals surface area contributed by atoms with Gasteiger partial charge in [-0.1, -0.05) is 18.2 Å². The van der Waals surface area contributed by atoms with Crippen molar-refractivity contribution < 1.29 is 14.0 Å². The number of hydrogen-bond donors (Lipinski definition) is 2. The number of nitrogens with one attached hydrogen (secondary N) is 2. The van der Waals surface area contributed by atoms with Crippen molar-refractivity contribution in [3.05, 3.63) is 65.5 Å². The second kappa shape index (κ2) is 7.02. The van der Waals surface area contributed by atoms with E-state index in [1.807, 2.05) is 0 Å². The Morgan fingerprint density at radius 1 is 1.12 bits per heavy atom. The Labute approximate surface area is 154 Å². The minimum atomic E-state index is -0.976. The number of amides is 2. The zero-order valence-corrected chi connectivity index (χ0v) is 14.6. The second-order valence-electron chi connectivity index (χ2n) is 5.86. The van der Waals surface area contributed by atoms with E-state index in [1.165, 1.54) is 6.07 Å². The van der Waals surface area contributed by atoms with Crippen LogP contribution in [0.15, 0.2) is 48.5 Å². The molecule has 1 unspecified atom stereocenters. The number of benzene rings is 2. The first-order valence-corrected chi connectivity index (χ1v) is 8.43. The number of alkyl halides is 2. The minimum Gasteiger partial charge on any atom is -0.348 e. The van der Waals surface area contributed by atoms with Gasteiger partial charge in [-0.25, -0.2) is 4.39 Å². The number of hydrogen-bond acceptors (Lipinski definition) is 2. The van der Waals surface area contributed by atoms with Gasteiger partial charge in [-0.2, -0.15) is 0 Å².